The van der Waals surface area contributed by atoms with Gasteiger partial charge < -0.3 is 4.42 Å². The number of carbonyl (C=O) groups excluding carboxylic acids is 1. The molecule has 4 rings (SSSR count). The van der Waals surface area contributed by atoms with Gasteiger partial charge in [0.05, 0.1) is 28.8 Å². The number of amides is 1. The maximum absolute atomic E-state index is 13.0. The van der Waals surface area contributed by atoms with E-state index in [1.165, 1.54) is 23.1 Å². The largest absolute Gasteiger partial charge is 0.467 e. The molecule has 0 aliphatic heterocycles. The second kappa shape index (κ2) is 7.98. The normalized spacial score (nSPS) is 11.0. The molecule has 0 unspecified atom stereocenters. The fourth-order valence-corrected chi connectivity index (χ4v) is 4.61. The van der Waals surface area contributed by atoms with Crippen molar-refractivity contribution in [3.8, 4) is 0 Å². The van der Waals surface area contributed by atoms with Crippen molar-refractivity contribution < 1.29 is 9.21 Å². The van der Waals surface area contributed by atoms with Crippen molar-refractivity contribution in [3.05, 3.63) is 78.3 Å². The highest BCUT2D eigenvalue weighted by Gasteiger charge is 2.21. The lowest BCUT2D eigenvalue weighted by atomic mass is 10.2. The number of hydrogen-bond donors (Lipinski definition) is 0. The zero-order valence-corrected chi connectivity index (χ0v) is 16.4. The van der Waals surface area contributed by atoms with E-state index in [0.717, 1.165) is 26.4 Å². The predicted molar refractivity (Wildman–Crippen MR) is 111 cm³/mol. The monoisotopic (exact) mass is 394 g/mol. The molecule has 2 heterocycles. The molecule has 1 amide bonds. The number of benzene rings is 2. The van der Waals surface area contributed by atoms with E-state index < -0.39 is 0 Å². The summed E-state index contributed by atoms with van der Waals surface area (Å²) in [4.78, 5) is 20.6. The zero-order chi connectivity index (χ0) is 18.6. The van der Waals surface area contributed by atoms with Gasteiger partial charge in [-0.15, -0.1) is 11.8 Å². The highest BCUT2D eigenvalue weighted by atomic mass is 32.2. The summed E-state index contributed by atoms with van der Waals surface area (Å²) >= 11 is 3.06. The van der Waals surface area contributed by atoms with Gasteiger partial charge in [0.15, 0.2) is 5.13 Å². The average Bonchev–Trinajstić information content (AvgIpc) is 3.35. The lowest BCUT2D eigenvalue weighted by molar-refractivity contribution is -0.116. The molecule has 0 spiro atoms. The highest BCUT2D eigenvalue weighted by molar-refractivity contribution is 8.00. The van der Waals surface area contributed by atoms with Gasteiger partial charge in [-0.05, 0) is 42.8 Å². The number of rotatable bonds is 6. The quantitative estimate of drug-likeness (QED) is 0.404. The molecule has 4 aromatic rings. The van der Waals surface area contributed by atoms with Crippen LogP contribution >= 0.6 is 23.1 Å². The third kappa shape index (κ3) is 4.07. The minimum atomic E-state index is 0.0111. The molecule has 0 aliphatic carbocycles. The molecule has 0 aliphatic rings. The first-order valence-corrected chi connectivity index (χ1v) is 10.4. The summed E-state index contributed by atoms with van der Waals surface area (Å²) in [6.45, 7) is 2.41. The Balaban J connectivity index is 1.61. The summed E-state index contributed by atoms with van der Waals surface area (Å²) in [5.74, 6) is 1.10. The van der Waals surface area contributed by atoms with Crippen LogP contribution in [0.3, 0.4) is 0 Å². The van der Waals surface area contributed by atoms with Crippen molar-refractivity contribution in [1.82, 2.24) is 4.98 Å². The molecule has 0 bridgehead atoms. The van der Waals surface area contributed by atoms with Gasteiger partial charge in [0.2, 0.25) is 5.91 Å². The van der Waals surface area contributed by atoms with Crippen LogP contribution in [0.5, 0.6) is 0 Å². The summed E-state index contributed by atoms with van der Waals surface area (Å²) in [6.07, 6.45) is 1.62. The smallest absolute Gasteiger partial charge is 0.239 e. The minimum Gasteiger partial charge on any atom is -0.467 e. The highest BCUT2D eigenvalue weighted by Crippen LogP contribution is 2.32. The lowest BCUT2D eigenvalue weighted by Crippen LogP contribution is -2.31. The lowest BCUT2D eigenvalue weighted by Gasteiger charge is -2.18. The molecular weight excluding hydrogens is 376 g/mol. The Morgan fingerprint density at radius 3 is 2.70 bits per heavy atom. The van der Waals surface area contributed by atoms with Crippen molar-refractivity contribution in [3.63, 3.8) is 0 Å². The summed E-state index contributed by atoms with van der Waals surface area (Å²) in [5.41, 5.74) is 2.06. The molecule has 0 N–H and O–H groups in total. The van der Waals surface area contributed by atoms with Crippen molar-refractivity contribution in [2.45, 2.75) is 18.4 Å². The average molecular weight is 395 g/mol. The molecule has 6 heteroatoms. The number of furan rings is 1. The van der Waals surface area contributed by atoms with E-state index in [1.807, 2.05) is 67.6 Å². The van der Waals surface area contributed by atoms with Gasteiger partial charge in [0.1, 0.15) is 5.76 Å². The van der Waals surface area contributed by atoms with E-state index in [4.69, 9.17) is 9.40 Å². The number of fused-ring (bicyclic) bond motifs is 1. The number of hydrogen-bond acceptors (Lipinski definition) is 5. The molecule has 0 saturated heterocycles. The van der Waals surface area contributed by atoms with Crippen LogP contribution in [0, 0.1) is 6.92 Å². The number of aryl methyl sites for hydroxylation is 1. The summed E-state index contributed by atoms with van der Waals surface area (Å²) in [6, 6.07) is 19.7. The summed E-state index contributed by atoms with van der Waals surface area (Å²) < 4.78 is 6.55. The summed E-state index contributed by atoms with van der Waals surface area (Å²) in [5, 5.41) is 0.703. The van der Waals surface area contributed by atoms with E-state index >= 15 is 0 Å². The molecule has 2 aromatic heterocycles. The van der Waals surface area contributed by atoms with E-state index in [2.05, 4.69) is 0 Å². The van der Waals surface area contributed by atoms with Crippen LogP contribution in [0.25, 0.3) is 10.2 Å². The van der Waals surface area contributed by atoms with Crippen molar-refractivity contribution in [2.75, 3.05) is 10.7 Å². The molecule has 0 fully saturated rings. The third-order valence-electron chi connectivity index (χ3n) is 4.14. The first-order valence-electron chi connectivity index (χ1n) is 8.57. The van der Waals surface area contributed by atoms with E-state index in [-0.39, 0.29) is 5.91 Å². The van der Waals surface area contributed by atoms with Crippen molar-refractivity contribution in [1.29, 1.82) is 0 Å². The molecular formula is C21H18N2O2S2. The number of carbonyl (C=O) groups is 1. The number of thiazole rings is 1. The zero-order valence-electron chi connectivity index (χ0n) is 14.8. The van der Waals surface area contributed by atoms with Gasteiger partial charge in [-0.25, -0.2) is 4.98 Å². The van der Waals surface area contributed by atoms with Gasteiger partial charge in [-0.2, -0.15) is 0 Å². The van der Waals surface area contributed by atoms with Crippen LogP contribution in [-0.4, -0.2) is 16.6 Å². The molecule has 4 nitrogen and oxygen atoms in total. The first kappa shape index (κ1) is 17.8. The Labute approximate surface area is 165 Å². The second-order valence-corrected chi connectivity index (χ2v) is 8.14. The minimum absolute atomic E-state index is 0.0111. The van der Waals surface area contributed by atoms with E-state index in [1.54, 1.807) is 11.2 Å². The molecule has 0 saturated carbocycles. The Morgan fingerprint density at radius 2 is 1.96 bits per heavy atom. The van der Waals surface area contributed by atoms with Crippen LogP contribution < -0.4 is 4.90 Å². The van der Waals surface area contributed by atoms with Gasteiger partial charge in [-0.3, -0.25) is 9.69 Å². The van der Waals surface area contributed by atoms with Gasteiger partial charge in [-0.1, -0.05) is 41.7 Å². The topological polar surface area (TPSA) is 46.3 Å². The molecule has 0 radical (unpaired) electrons. The molecule has 2 aromatic carbocycles. The van der Waals surface area contributed by atoms with Crippen LogP contribution in [0.1, 0.15) is 11.3 Å². The molecule has 0 atom stereocenters. The number of nitrogens with zero attached hydrogens (tertiary/aromatic N) is 2. The summed E-state index contributed by atoms with van der Waals surface area (Å²) in [7, 11) is 0. The maximum atomic E-state index is 13.0. The van der Waals surface area contributed by atoms with Crippen LogP contribution in [0.15, 0.2) is 76.2 Å². The Kier molecular flexibility index (Phi) is 5.27. The molecule has 27 heavy (non-hydrogen) atoms. The van der Waals surface area contributed by atoms with Gasteiger partial charge in [0, 0.05) is 4.90 Å². The Bertz CT molecular complexity index is 1040. The van der Waals surface area contributed by atoms with Gasteiger partial charge >= 0.3 is 0 Å². The standard InChI is InChI=1S/C21H18N2O2S2/c1-15-7-5-11-18-20(15)22-21(27-18)23(13-16-8-6-12-25-16)19(24)14-26-17-9-3-2-4-10-17/h2-12H,13-14H2,1H3. The Morgan fingerprint density at radius 1 is 1.11 bits per heavy atom. The number of para-hydroxylation sites is 1. The van der Waals surface area contributed by atoms with Crippen LogP contribution in [0.2, 0.25) is 0 Å². The SMILES string of the molecule is Cc1cccc2sc(N(Cc3ccco3)C(=O)CSc3ccccc3)nc12. The van der Waals surface area contributed by atoms with Crippen LogP contribution in [0.4, 0.5) is 5.13 Å². The van der Waals surface area contributed by atoms with Crippen LogP contribution in [-0.2, 0) is 11.3 Å². The second-order valence-electron chi connectivity index (χ2n) is 6.08. The Hall–Kier alpha value is -2.57. The fourth-order valence-electron chi connectivity index (χ4n) is 2.75. The molecule has 136 valence electrons. The predicted octanol–water partition coefficient (Wildman–Crippen LogP) is 5.52. The van der Waals surface area contributed by atoms with Crippen molar-refractivity contribution >= 4 is 44.4 Å². The maximum Gasteiger partial charge on any atom is 0.239 e. The first-order chi connectivity index (χ1) is 13.2. The van der Waals surface area contributed by atoms with Gasteiger partial charge in [0.25, 0.3) is 0 Å². The number of thioether (sulfide) groups is 1. The number of aromatic nitrogens is 1. The van der Waals surface area contributed by atoms with Crippen molar-refractivity contribution in [2.24, 2.45) is 0 Å². The number of anilines is 1. The van der Waals surface area contributed by atoms with E-state index in [0.29, 0.717) is 17.4 Å². The van der Waals surface area contributed by atoms with E-state index in [9.17, 15) is 4.79 Å². The fraction of sp³-hybridized carbons (Fsp3) is 0.143. The third-order valence-corrected chi connectivity index (χ3v) is 6.18.